The molecule has 5 heteroatoms. The molecule has 4 aromatic rings. The van der Waals surface area contributed by atoms with E-state index in [1.54, 1.807) is 30.6 Å². The van der Waals surface area contributed by atoms with Crippen molar-refractivity contribution in [1.82, 2.24) is 9.97 Å². The Bertz CT molecular complexity index is 1070. The quantitative estimate of drug-likeness (QED) is 0.404. The van der Waals surface area contributed by atoms with Gasteiger partial charge in [-0.25, -0.2) is 4.79 Å². The lowest BCUT2D eigenvalue weighted by molar-refractivity contribution is 0.0451. The van der Waals surface area contributed by atoms with Crippen molar-refractivity contribution in [2.75, 3.05) is 13.2 Å². The first-order chi connectivity index (χ1) is 12.8. The lowest BCUT2D eigenvalue weighted by Crippen LogP contribution is -2.12. The van der Waals surface area contributed by atoms with E-state index in [0.29, 0.717) is 5.56 Å². The van der Waals surface area contributed by atoms with E-state index >= 15 is 0 Å². The van der Waals surface area contributed by atoms with Gasteiger partial charge in [0.05, 0.1) is 16.6 Å². The summed E-state index contributed by atoms with van der Waals surface area (Å²) in [5.41, 5.74) is 2.11. The number of aromatic nitrogens is 2. The molecule has 0 saturated carbocycles. The third-order valence-electron chi connectivity index (χ3n) is 4.02. The van der Waals surface area contributed by atoms with Crippen LogP contribution in [-0.4, -0.2) is 29.2 Å². The van der Waals surface area contributed by atoms with E-state index in [1.165, 1.54) is 0 Å². The van der Waals surface area contributed by atoms with Gasteiger partial charge in [-0.2, -0.15) is 0 Å². The Labute approximate surface area is 150 Å². The predicted molar refractivity (Wildman–Crippen MR) is 99.3 cm³/mol. The Balaban J connectivity index is 1.37. The van der Waals surface area contributed by atoms with Crippen LogP contribution in [0.1, 0.15) is 10.4 Å². The molecule has 0 spiro atoms. The summed E-state index contributed by atoms with van der Waals surface area (Å²) in [6.07, 6.45) is 3.40. The third kappa shape index (κ3) is 3.32. The summed E-state index contributed by atoms with van der Waals surface area (Å²) >= 11 is 0. The summed E-state index contributed by atoms with van der Waals surface area (Å²) in [5, 5.41) is 1.92. The number of para-hydroxylation sites is 1. The molecule has 2 aromatic heterocycles. The second kappa shape index (κ2) is 7.19. The molecule has 0 aliphatic carbocycles. The highest BCUT2D eigenvalue weighted by Gasteiger charge is 2.09. The number of benzene rings is 2. The molecule has 0 atom stereocenters. The Morgan fingerprint density at radius 2 is 1.73 bits per heavy atom. The summed E-state index contributed by atoms with van der Waals surface area (Å²) in [6, 6.07) is 18.7. The number of carbonyl (C=O) groups is 1. The second-order valence-corrected chi connectivity index (χ2v) is 5.72. The van der Waals surface area contributed by atoms with Crippen molar-refractivity contribution >= 4 is 27.8 Å². The first kappa shape index (κ1) is 16.0. The van der Waals surface area contributed by atoms with E-state index in [9.17, 15) is 4.79 Å². The topological polar surface area (TPSA) is 61.3 Å². The van der Waals surface area contributed by atoms with Crippen LogP contribution in [0.25, 0.3) is 21.8 Å². The minimum Gasteiger partial charge on any atom is -0.489 e. The van der Waals surface area contributed by atoms with Gasteiger partial charge < -0.3 is 9.47 Å². The lowest BCUT2D eigenvalue weighted by atomic mass is 10.1. The minimum atomic E-state index is -0.388. The Morgan fingerprint density at radius 1 is 0.846 bits per heavy atom. The summed E-state index contributed by atoms with van der Waals surface area (Å²) < 4.78 is 11.0. The van der Waals surface area contributed by atoms with E-state index < -0.39 is 0 Å². The highest BCUT2D eigenvalue weighted by molar-refractivity contribution is 5.94. The average molecular weight is 344 g/mol. The monoisotopic (exact) mass is 344 g/mol. The van der Waals surface area contributed by atoms with Gasteiger partial charge in [0.2, 0.25) is 0 Å². The van der Waals surface area contributed by atoms with Crippen LogP contribution in [0.2, 0.25) is 0 Å². The maximum Gasteiger partial charge on any atom is 0.338 e. The number of hydrogen-bond donors (Lipinski definition) is 0. The number of rotatable bonds is 5. The highest BCUT2D eigenvalue weighted by Crippen LogP contribution is 2.23. The number of hydrogen-bond acceptors (Lipinski definition) is 5. The molecule has 0 saturated heterocycles. The van der Waals surface area contributed by atoms with Gasteiger partial charge in [0.15, 0.2) is 0 Å². The van der Waals surface area contributed by atoms with Crippen LogP contribution in [0.5, 0.6) is 5.75 Å². The van der Waals surface area contributed by atoms with Crippen LogP contribution in [-0.2, 0) is 4.74 Å². The van der Waals surface area contributed by atoms with Crippen LogP contribution < -0.4 is 4.74 Å². The molecule has 4 rings (SSSR count). The number of pyridine rings is 2. The fraction of sp³-hybridized carbons (Fsp3) is 0.0952. The smallest absolute Gasteiger partial charge is 0.338 e. The third-order valence-corrected chi connectivity index (χ3v) is 4.02. The molecule has 128 valence electrons. The molecule has 0 unspecified atom stereocenters. The maximum absolute atomic E-state index is 12.2. The molecule has 0 aliphatic heterocycles. The number of esters is 1. The first-order valence-corrected chi connectivity index (χ1v) is 8.30. The molecular weight excluding hydrogens is 328 g/mol. The number of ether oxygens (including phenoxy) is 2. The van der Waals surface area contributed by atoms with Gasteiger partial charge in [-0.1, -0.05) is 24.3 Å². The van der Waals surface area contributed by atoms with Crippen molar-refractivity contribution in [3.05, 3.63) is 78.6 Å². The van der Waals surface area contributed by atoms with Crippen LogP contribution in [0.15, 0.2) is 73.1 Å². The number of nitrogens with zero attached hydrogens (tertiary/aromatic N) is 2. The van der Waals surface area contributed by atoms with Gasteiger partial charge in [-0.15, -0.1) is 0 Å². The van der Waals surface area contributed by atoms with Crippen LogP contribution in [0.4, 0.5) is 0 Å². The van der Waals surface area contributed by atoms with Crippen molar-refractivity contribution in [2.24, 2.45) is 0 Å². The Hall–Kier alpha value is -3.47. The largest absolute Gasteiger partial charge is 0.489 e. The number of carbonyl (C=O) groups excluding carboxylic acids is 1. The SMILES string of the molecule is O=C(OCCOc1ccnc2ccccc12)c1ccc2cccnc2c1. The first-order valence-electron chi connectivity index (χ1n) is 8.30. The van der Waals surface area contributed by atoms with Crippen molar-refractivity contribution in [2.45, 2.75) is 0 Å². The zero-order valence-electron chi connectivity index (χ0n) is 14.0. The highest BCUT2D eigenvalue weighted by atomic mass is 16.6. The number of fused-ring (bicyclic) bond motifs is 2. The maximum atomic E-state index is 12.2. The molecule has 2 heterocycles. The van der Waals surface area contributed by atoms with Crippen molar-refractivity contribution < 1.29 is 14.3 Å². The molecule has 0 N–H and O–H groups in total. The molecule has 5 nitrogen and oxygen atoms in total. The summed E-state index contributed by atoms with van der Waals surface area (Å²) in [4.78, 5) is 20.7. The van der Waals surface area contributed by atoms with E-state index in [1.807, 2.05) is 42.5 Å². The van der Waals surface area contributed by atoms with E-state index in [2.05, 4.69) is 9.97 Å². The van der Waals surface area contributed by atoms with Gasteiger partial charge >= 0.3 is 5.97 Å². The fourth-order valence-electron chi connectivity index (χ4n) is 2.76. The molecule has 0 aliphatic rings. The zero-order chi connectivity index (χ0) is 17.8. The molecule has 0 amide bonds. The van der Waals surface area contributed by atoms with E-state index in [0.717, 1.165) is 27.6 Å². The molecule has 0 radical (unpaired) electrons. The molecule has 26 heavy (non-hydrogen) atoms. The summed E-state index contributed by atoms with van der Waals surface area (Å²) in [6.45, 7) is 0.432. The molecule has 2 aromatic carbocycles. The van der Waals surface area contributed by atoms with Gasteiger partial charge in [0.1, 0.15) is 19.0 Å². The van der Waals surface area contributed by atoms with E-state index in [-0.39, 0.29) is 19.2 Å². The van der Waals surface area contributed by atoms with Gasteiger partial charge in [0.25, 0.3) is 0 Å². The zero-order valence-corrected chi connectivity index (χ0v) is 14.0. The van der Waals surface area contributed by atoms with Crippen molar-refractivity contribution in [3.63, 3.8) is 0 Å². The van der Waals surface area contributed by atoms with Crippen LogP contribution in [0, 0.1) is 0 Å². The second-order valence-electron chi connectivity index (χ2n) is 5.72. The Kier molecular flexibility index (Phi) is 4.43. The summed E-state index contributed by atoms with van der Waals surface area (Å²) in [7, 11) is 0. The van der Waals surface area contributed by atoms with Crippen molar-refractivity contribution in [1.29, 1.82) is 0 Å². The van der Waals surface area contributed by atoms with Crippen molar-refractivity contribution in [3.8, 4) is 5.75 Å². The van der Waals surface area contributed by atoms with Crippen LogP contribution >= 0.6 is 0 Å². The minimum absolute atomic E-state index is 0.162. The van der Waals surface area contributed by atoms with Gasteiger partial charge in [-0.05, 0) is 36.4 Å². The summed E-state index contributed by atoms with van der Waals surface area (Å²) in [5.74, 6) is 0.335. The standard InChI is InChI=1S/C21H16N2O3/c24-21(16-8-7-15-4-3-10-22-19(15)14-16)26-13-12-25-20-9-11-23-18-6-2-1-5-17(18)20/h1-11,14H,12-13H2. The fourth-order valence-corrected chi connectivity index (χ4v) is 2.76. The van der Waals surface area contributed by atoms with Crippen LogP contribution in [0.3, 0.4) is 0 Å². The lowest BCUT2D eigenvalue weighted by Gasteiger charge is -2.09. The average Bonchev–Trinajstić information content (AvgIpc) is 2.70. The normalized spacial score (nSPS) is 10.8. The van der Waals surface area contributed by atoms with Gasteiger partial charge in [-0.3, -0.25) is 9.97 Å². The predicted octanol–water partition coefficient (Wildman–Crippen LogP) is 4.02. The molecule has 0 fully saturated rings. The van der Waals surface area contributed by atoms with E-state index in [4.69, 9.17) is 9.47 Å². The Morgan fingerprint density at radius 3 is 2.69 bits per heavy atom. The molecule has 0 bridgehead atoms. The molecular formula is C21H16N2O3. The van der Waals surface area contributed by atoms with Gasteiger partial charge in [0, 0.05) is 23.2 Å².